The second-order valence-electron chi connectivity index (χ2n) is 8.40. The van der Waals surface area contributed by atoms with E-state index in [0.29, 0.717) is 16.9 Å². The first-order chi connectivity index (χ1) is 15.2. The van der Waals surface area contributed by atoms with Gasteiger partial charge in [-0.1, -0.05) is 11.8 Å². The maximum absolute atomic E-state index is 5.95. The van der Waals surface area contributed by atoms with Crippen LogP contribution in [0.2, 0.25) is 0 Å². The lowest BCUT2D eigenvalue weighted by molar-refractivity contribution is 0.133. The minimum absolute atomic E-state index is 0.385. The van der Waals surface area contributed by atoms with E-state index in [9.17, 15) is 0 Å². The second-order valence-corrected chi connectivity index (χ2v) is 9.46. The third-order valence-corrected chi connectivity index (χ3v) is 7.42. The van der Waals surface area contributed by atoms with Gasteiger partial charge in [0.1, 0.15) is 27.8 Å². The molecular weight excluding hydrogens is 410 g/mol. The van der Waals surface area contributed by atoms with Crippen molar-refractivity contribution in [2.75, 3.05) is 36.9 Å². The number of fused-ring (bicyclic) bond motifs is 2. The fourth-order valence-corrected chi connectivity index (χ4v) is 5.51. The SMILES string of the molecule is Nc1cc(Sc2ccc3nc(N4CCC5(CCOC5)CC4)cnc3n2)c2cc[nH]c2n1. The molecule has 0 radical (unpaired) electrons. The number of nitrogens with zero attached hydrogens (tertiary/aromatic N) is 5. The zero-order valence-corrected chi connectivity index (χ0v) is 17.9. The van der Waals surface area contributed by atoms with E-state index in [2.05, 4.69) is 19.9 Å². The van der Waals surface area contributed by atoms with Gasteiger partial charge < -0.3 is 20.4 Å². The van der Waals surface area contributed by atoms with Crippen LogP contribution in [0.1, 0.15) is 19.3 Å². The van der Waals surface area contributed by atoms with Gasteiger partial charge in [0, 0.05) is 36.2 Å². The second kappa shape index (κ2) is 7.35. The number of aromatic nitrogens is 5. The van der Waals surface area contributed by atoms with Crippen LogP contribution < -0.4 is 10.6 Å². The highest BCUT2D eigenvalue weighted by atomic mass is 32.2. The minimum Gasteiger partial charge on any atom is -0.384 e. The van der Waals surface area contributed by atoms with Crippen LogP contribution in [0, 0.1) is 5.41 Å². The van der Waals surface area contributed by atoms with E-state index < -0.39 is 0 Å². The number of anilines is 2. The molecule has 3 N–H and O–H groups in total. The summed E-state index contributed by atoms with van der Waals surface area (Å²) < 4.78 is 5.65. The van der Waals surface area contributed by atoms with Crippen LogP contribution in [0.5, 0.6) is 0 Å². The zero-order valence-electron chi connectivity index (χ0n) is 17.0. The van der Waals surface area contributed by atoms with Gasteiger partial charge in [-0.25, -0.2) is 19.9 Å². The maximum Gasteiger partial charge on any atom is 0.179 e. The van der Waals surface area contributed by atoms with Crippen molar-refractivity contribution in [3.8, 4) is 0 Å². The zero-order chi connectivity index (χ0) is 20.8. The van der Waals surface area contributed by atoms with Gasteiger partial charge in [0.2, 0.25) is 0 Å². The van der Waals surface area contributed by atoms with Crippen LogP contribution >= 0.6 is 11.8 Å². The van der Waals surface area contributed by atoms with Crippen molar-refractivity contribution in [1.82, 2.24) is 24.9 Å². The van der Waals surface area contributed by atoms with Crippen molar-refractivity contribution in [3.63, 3.8) is 0 Å². The van der Waals surface area contributed by atoms with Gasteiger partial charge in [0.05, 0.1) is 12.8 Å². The molecule has 31 heavy (non-hydrogen) atoms. The molecular formula is C22H23N7OS. The molecule has 0 bridgehead atoms. The molecule has 158 valence electrons. The van der Waals surface area contributed by atoms with Gasteiger partial charge in [-0.2, -0.15) is 0 Å². The fourth-order valence-electron chi connectivity index (χ4n) is 4.56. The Bertz CT molecular complexity index is 1260. The lowest BCUT2D eigenvalue weighted by Crippen LogP contribution is -2.40. The van der Waals surface area contributed by atoms with Crippen molar-refractivity contribution in [2.24, 2.45) is 5.41 Å². The molecule has 4 aromatic heterocycles. The van der Waals surface area contributed by atoms with Crippen LogP contribution in [0.15, 0.2) is 46.6 Å². The Morgan fingerprint density at radius 1 is 1.10 bits per heavy atom. The number of hydrogen-bond donors (Lipinski definition) is 2. The molecule has 8 nitrogen and oxygen atoms in total. The Kier molecular flexibility index (Phi) is 4.46. The molecule has 1 spiro atoms. The first kappa shape index (κ1) is 18.8. The highest BCUT2D eigenvalue weighted by molar-refractivity contribution is 7.99. The van der Waals surface area contributed by atoms with Gasteiger partial charge in [-0.3, -0.25) is 0 Å². The number of H-pyrrole nitrogens is 1. The third kappa shape index (κ3) is 3.47. The first-order valence-electron chi connectivity index (χ1n) is 10.6. The summed E-state index contributed by atoms with van der Waals surface area (Å²) in [6.45, 7) is 3.82. The maximum atomic E-state index is 5.95. The first-order valence-corrected chi connectivity index (χ1v) is 11.4. The average molecular weight is 434 g/mol. The third-order valence-electron chi connectivity index (χ3n) is 6.42. The lowest BCUT2D eigenvalue weighted by atomic mass is 9.78. The molecule has 0 aromatic carbocycles. The molecule has 0 aliphatic carbocycles. The number of hydrogen-bond acceptors (Lipinski definition) is 8. The molecule has 0 amide bonds. The monoisotopic (exact) mass is 433 g/mol. The summed E-state index contributed by atoms with van der Waals surface area (Å²) in [5, 5.41) is 1.88. The van der Waals surface area contributed by atoms with Crippen LogP contribution in [-0.4, -0.2) is 51.2 Å². The largest absolute Gasteiger partial charge is 0.384 e. The molecule has 0 atom stereocenters. The number of nitrogen functional groups attached to an aromatic ring is 1. The van der Waals surface area contributed by atoms with Crippen molar-refractivity contribution < 1.29 is 4.74 Å². The van der Waals surface area contributed by atoms with E-state index >= 15 is 0 Å². The Labute approximate surface area is 183 Å². The normalized spacial score (nSPS) is 18.4. The van der Waals surface area contributed by atoms with E-state index in [1.54, 1.807) is 11.8 Å². The molecule has 9 heteroatoms. The molecule has 2 aliphatic heterocycles. The van der Waals surface area contributed by atoms with E-state index in [1.165, 1.54) is 6.42 Å². The molecule has 2 saturated heterocycles. The Morgan fingerprint density at radius 3 is 2.84 bits per heavy atom. The summed E-state index contributed by atoms with van der Waals surface area (Å²) in [7, 11) is 0. The van der Waals surface area contributed by atoms with Crippen molar-refractivity contribution in [2.45, 2.75) is 29.2 Å². The lowest BCUT2D eigenvalue weighted by Gasteiger charge is -2.38. The number of ether oxygens (including phenoxy) is 1. The summed E-state index contributed by atoms with van der Waals surface area (Å²) >= 11 is 1.55. The number of rotatable bonds is 3. The number of nitrogens with two attached hydrogens (primary N) is 1. The van der Waals surface area contributed by atoms with E-state index in [1.807, 2.05) is 36.7 Å². The molecule has 0 unspecified atom stereocenters. The highest BCUT2D eigenvalue weighted by Crippen LogP contribution is 2.40. The van der Waals surface area contributed by atoms with Gasteiger partial charge in [0.15, 0.2) is 5.65 Å². The Morgan fingerprint density at radius 2 is 2.00 bits per heavy atom. The van der Waals surface area contributed by atoms with Gasteiger partial charge in [-0.15, -0.1) is 0 Å². The molecule has 4 aromatic rings. The molecule has 2 aliphatic rings. The van der Waals surface area contributed by atoms with E-state index in [4.69, 9.17) is 20.4 Å². The minimum atomic E-state index is 0.385. The average Bonchev–Trinajstić information content (AvgIpc) is 3.44. The summed E-state index contributed by atoms with van der Waals surface area (Å²) in [6, 6.07) is 7.86. The number of nitrogens with one attached hydrogen (secondary N) is 1. The van der Waals surface area contributed by atoms with Crippen LogP contribution in [-0.2, 0) is 4.74 Å². The molecule has 6 heterocycles. The standard InChI is InChI=1S/C22H23N7OS/c23-17-11-16(14-3-7-24-20(14)27-17)31-19-2-1-15-21(28-19)25-12-18(26-15)29-8-4-22(5-9-29)6-10-30-13-22/h1-3,7,11-12H,4-6,8-10,13H2,(H3,23,24,27). The quantitative estimate of drug-likeness (QED) is 0.504. The van der Waals surface area contributed by atoms with Gasteiger partial charge in [-0.05, 0) is 48.9 Å². The van der Waals surface area contributed by atoms with Crippen molar-refractivity contribution in [3.05, 3.63) is 36.7 Å². The van der Waals surface area contributed by atoms with Crippen molar-refractivity contribution >= 4 is 45.6 Å². The van der Waals surface area contributed by atoms with Crippen molar-refractivity contribution in [1.29, 1.82) is 0 Å². The molecule has 6 rings (SSSR count). The molecule has 2 fully saturated rings. The highest BCUT2D eigenvalue weighted by Gasteiger charge is 2.38. The summed E-state index contributed by atoms with van der Waals surface area (Å²) in [4.78, 5) is 25.0. The smallest absolute Gasteiger partial charge is 0.179 e. The predicted octanol–water partition coefficient (Wildman–Crippen LogP) is 3.64. The van der Waals surface area contributed by atoms with E-state index in [0.717, 1.165) is 71.4 Å². The van der Waals surface area contributed by atoms with Gasteiger partial charge in [0.25, 0.3) is 0 Å². The Hall–Kier alpha value is -2.91. The number of aromatic amines is 1. The number of pyridine rings is 2. The summed E-state index contributed by atoms with van der Waals surface area (Å²) in [5.74, 6) is 1.41. The van der Waals surface area contributed by atoms with Gasteiger partial charge >= 0.3 is 0 Å². The molecule has 0 saturated carbocycles. The van der Waals surface area contributed by atoms with Crippen LogP contribution in [0.25, 0.3) is 22.2 Å². The summed E-state index contributed by atoms with van der Waals surface area (Å²) in [6.07, 6.45) is 7.21. The topological polar surface area (TPSA) is 106 Å². The van der Waals surface area contributed by atoms with Crippen LogP contribution in [0.3, 0.4) is 0 Å². The predicted molar refractivity (Wildman–Crippen MR) is 121 cm³/mol. The van der Waals surface area contributed by atoms with E-state index in [-0.39, 0.29) is 0 Å². The summed E-state index contributed by atoms with van der Waals surface area (Å²) in [5.41, 5.74) is 8.58. The Balaban J connectivity index is 1.23. The number of piperidine rings is 1. The fraction of sp³-hybridized carbons (Fsp3) is 0.364. The van der Waals surface area contributed by atoms with Crippen LogP contribution in [0.4, 0.5) is 11.6 Å².